The molecule has 2 unspecified atom stereocenters. The topological polar surface area (TPSA) is 80.5 Å². The highest BCUT2D eigenvalue weighted by molar-refractivity contribution is 8.01. The first-order valence-electron chi connectivity index (χ1n) is 6.75. The van der Waals surface area contributed by atoms with Crippen LogP contribution in [0.5, 0.6) is 0 Å². The van der Waals surface area contributed by atoms with Gasteiger partial charge in [-0.15, -0.1) is 0 Å². The molecule has 0 aromatic carbocycles. The van der Waals surface area contributed by atoms with Gasteiger partial charge in [-0.05, 0) is 12.5 Å². The third kappa shape index (κ3) is 4.36. The predicted molar refractivity (Wildman–Crippen MR) is 79.7 cm³/mol. The molecule has 5 nitrogen and oxygen atoms in total. The number of carbonyl (C=O) groups is 1. The van der Waals surface area contributed by atoms with Crippen LogP contribution < -0.4 is 5.73 Å². The molecule has 0 aromatic rings. The number of rotatable bonds is 6. The first-order valence-corrected chi connectivity index (χ1v) is 9.62. The molecular formula is C12H24N2O3S2. The van der Waals surface area contributed by atoms with E-state index in [0.717, 1.165) is 12.2 Å². The Kier molecular flexibility index (Phi) is 6.62. The molecule has 0 radical (unpaired) electrons. The summed E-state index contributed by atoms with van der Waals surface area (Å²) in [6.45, 7) is 4.62. The van der Waals surface area contributed by atoms with Crippen LogP contribution in [0.15, 0.2) is 0 Å². The first kappa shape index (κ1) is 16.8. The van der Waals surface area contributed by atoms with Crippen LogP contribution >= 0.6 is 11.8 Å². The number of sulfone groups is 1. The zero-order valence-corrected chi connectivity index (χ0v) is 13.3. The van der Waals surface area contributed by atoms with E-state index in [9.17, 15) is 13.2 Å². The van der Waals surface area contributed by atoms with Gasteiger partial charge in [-0.2, -0.15) is 11.8 Å². The van der Waals surface area contributed by atoms with Gasteiger partial charge in [0.2, 0.25) is 5.91 Å². The second kappa shape index (κ2) is 7.50. The van der Waals surface area contributed by atoms with Crippen LogP contribution in [0.3, 0.4) is 0 Å². The summed E-state index contributed by atoms with van der Waals surface area (Å²) in [4.78, 5) is 13.8. The third-order valence-electron chi connectivity index (χ3n) is 3.60. The highest BCUT2D eigenvalue weighted by atomic mass is 32.2. The fourth-order valence-electron chi connectivity index (χ4n) is 2.11. The lowest BCUT2D eigenvalue weighted by atomic mass is 10.0. The molecule has 7 heteroatoms. The van der Waals surface area contributed by atoms with Gasteiger partial charge >= 0.3 is 0 Å². The number of nitrogens with zero attached hydrogens (tertiary/aromatic N) is 1. The van der Waals surface area contributed by atoms with E-state index >= 15 is 0 Å². The Balaban J connectivity index is 2.80. The molecule has 1 saturated heterocycles. The van der Waals surface area contributed by atoms with Crippen molar-refractivity contribution in [3.63, 3.8) is 0 Å². The molecule has 1 amide bonds. The van der Waals surface area contributed by atoms with Gasteiger partial charge in [0.15, 0.2) is 9.84 Å². The zero-order valence-electron chi connectivity index (χ0n) is 11.7. The van der Waals surface area contributed by atoms with Crippen molar-refractivity contribution in [2.24, 2.45) is 11.7 Å². The van der Waals surface area contributed by atoms with Gasteiger partial charge < -0.3 is 10.6 Å². The van der Waals surface area contributed by atoms with Crippen molar-refractivity contribution >= 4 is 27.5 Å². The Hall–Kier alpha value is -0.270. The SMILES string of the molecule is CCC(CN)CC(=O)N1CCSCC1S(=O)(=O)CC. The van der Waals surface area contributed by atoms with Crippen molar-refractivity contribution in [2.45, 2.75) is 32.1 Å². The fraction of sp³-hybridized carbons (Fsp3) is 0.917. The van der Waals surface area contributed by atoms with Crippen LogP contribution in [0.4, 0.5) is 0 Å². The van der Waals surface area contributed by atoms with Crippen molar-refractivity contribution in [3.8, 4) is 0 Å². The van der Waals surface area contributed by atoms with E-state index in [1.54, 1.807) is 23.6 Å². The van der Waals surface area contributed by atoms with Gasteiger partial charge in [-0.3, -0.25) is 4.79 Å². The molecule has 0 aromatic heterocycles. The number of carbonyl (C=O) groups excluding carboxylic acids is 1. The molecule has 0 saturated carbocycles. The Labute approximate surface area is 120 Å². The van der Waals surface area contributed by atoms with Gasteiger partial charge in [-0.1, -0.05) is 20.3 Å². The van der Waals surface area contributed by atoms with Gasteiger partial charge in [0.05, 0.1) is 0 Å². The lowest BCUT2D eigenvalue weighted by molar-refractivity contribution is -0.132. The molecule has 0 aliphatic carbocycles. The average Bonchev–Trinajstić information content (AvgIpc) is 2.44. The Bertz CT molecular complexity index is 394. The molecule has 2 N–H and O–H groups in total. The normalized spacial score (nSPS) is 22.3. The summed E-state index contributed by atoms with van der Waals surface area (Å²) in [5, 5.41) is -0.654. The Morgan fingerprint density at radius 2 is 2.16 bits per heavy atom. The fourth-order valence-corrected chi connectivity index (χ4v) is 5.10. The summed E-state index contributed by atoms with van der Waals surface area (Å²) < 4.78 is 24.1. The molecule has 1 heterocycles. The quantitative estimate of drug-likeness (QED) is 0.781. The molecule has 0 spiro atoms. The monoisotopic (exact) mass is 308 g/mol. The minimum Gasteiger partial charge on any atom is -0.330 e. The molecular weight excluding hydrogens is 284 g/mol. The molecule has 1 aliphatic rings. The minimum absolute atomic E-state index is 0.0698. The smallest absolute Gasteiger partial charge is 0.224 e. The van der Waals surface area contributed by atoms with Crippen molar-refractivity contribution in [2.75, 3.05) is 30.3 Å². The van der Waals surface area contributed by atoms with Crippen molar-refractivity contribution in [3.05, 3.63) is 0 Å². The summed E-state index contributed by atoms with van der Waals surface area (Å²) >= 11 is 1.60. The highest BCUT2D eigenvalue weighted by Gasteiger charge is 2.35. The van der Waals surface area contributed by atoms with Crippen molar-refractivity contribution < 1.29 is 13.2 Å². The summed E-state index contributed by atoms with van der Waals surface area (Å²) in [7, 11) is -3.21. The molecule has 112 valence electrons. The molecule has 1 aliphatic heterocycles. The molecule has 0 bridgehead atoms. The van der Waals surface area contributed by atoms with Crippen LogP contribution in [0.25, 0.3) is 0 Å². The second-order valence-electron chi connectivity index (χ2n) is 4.78. The van der Waals surface area contributed by atoms with Crippen LogP contribution in [0.1, 0.15) is 26.7 Å². The molecule has 1 rings (SSSR count). The lowest BCUT2D eigenvalue weighted by Gasteiger charge is -2.35. The zero-order chi connectivity index (χ0) is 14.5. The highest BCUT2D eigenvalue weighted by Crippen LogP contribution is 2.23. The maximum absolute atomic E-state index is 12.3. The Morgan fingerprint density at radius 1 is 1.47 bits per heavy atom. The van der Waals surface area contributed by atoms with E-state index < -0.39 is 15.2 Å². The predicted octanol–water partition coefficient (Wildman–Crippen LogP) is 0.698. The number of hydrogen-bond acceptors (Lipinski definition) is 5. The van der Waals surface area contributed by atoms with Gasteiger partial charge in [0, 0.05) is 30.2 Å². The van der Waals surface area contributed by atoms with Crippen LogP contribution in [-0.2, 0) is 14.6 Å². The number of amides is 1. The van der Waals surface area contributed by atoms with Crippen LogP contribution in [0.2, 0.25) is 0 Å². The van der Waals surface area contributed by atoms with Crippen LogP contribution in [-0.4, -0.2) is 54.9 Å². The average molecular weight is 308 g/mol. The lowest BCUT2D eigenvalue weighted by Crippen LogP contribution is -2.51. The van der Waals surface area contributed by atoms with Gasteiger partial charge in [0.1, 0.15) is 5.37 Å². The van der Waals surface area contributed by atoms with E-state index in [1.807, 2.05) is 6.92 Å². The first-order chi connectivity index (χ1) is 8.96. The summed E-state index contributed by atoms with van der Waals surface area (Å²) in [6, 6.07) is 0. The molecule has 1 fully saturated rings. The van der Waals surface area contributed by atoms with E-state index in [4.69, 9.17) is 5.73 Å². The summed E-state index contributed by atoms with van der Waals surface area (Å²) in [6.07, 6.45) is 1.20. The molecule has 19 heavy (non-hydrogen) atoms. The largest absolute Gasteiger partial charge is 0.330 e. The van der Waals surface area contributed by atoms with E-state index in [1.165, 1.54) is 0 Å². The van der Waals surface area contributed by atoms with E-state index in [2.05, 4.69) is 0 Å². The minimum atomic E-state index is -3.21. The maximum atomic E-state index is 12.3. The van der Waals surface area contributed by atoms with Crippen molar-refractivity contribution in [1.29, 1.82) is 0 Å². The van der Waals surface area contributed by atoms with E-state index in [-0.39, 0.29) is 17.6 Å². The summed E-state index contributed by atoms with van der Waals surface area (Å²) in [5.41, 5.74) is 5.61. The number of nitrogens with two attached hydrogens (primary N) is 1. The van der Waals surface area contributed by atoms with E-state index in [0.29, 0.717) is 25.3 Å². The summed E-state index contributed by atoms with van der Waals surface area (Å²) in [5.74, 6) is 1.45. The van der Waals surface area contributed by atoms with Crippen molar-refractivity contribution in [1.82, 2.24) is 4.90 Å². The van der Waals surface area contributed by atoms with Crippen LogP contribution in [0, 0.1) is 5.92 Å². The number of hydrogen-bond donors (Lipinski definition) is 1. The Morgan fingerprint density at radius 3 is 2.68 bits per heavy atom. The maximum Gasteiger partial charge on any atom is 0.224 e. The number of thioether (sulfide) groups is 1. The second-order valence-corrected chi connectivity index (χ2v) is 8.38. The standard InChI is InChI=1S/C12H24N2O3S2/c1-3-10(8-13)7-11(15)14-5-6-18-9-12(14)19(16,17)4-2/h10,12H,3-9,13H2,1-2H3. The molecule has 2 atom stereocenters. The van der Waals surface area contributed by atoms with Gasteiger partial charge in [0.25, 0.3) is 0 Å². The third-order valence-corrected chi connectivity index (χ3v) is 6.88. The van der Waals surface area contributed by atoms with Gasteiger partial charge in [-0.25, -0.2) is 8.42 Å².